The minimum Gasteiger partial charge on any atom is -0.328 e. The van der Waals surface area contributed by atoms with Crippen LogP contribution in [0, 0.1) is 11.3 Å². The van der Waals surface area contributed by atoms with Crippen LogP contribution in [-0.4, -0.2) is 10.7 Å². The second kappa shape index (κ2) is 4.54. The molecule has 3 nitrogen and oxygen atoms in total. The third kappa shape index (κ3) is 2.24. The predicted octanol–water partition coefficient (Wildman–Crippen LogP) is 2.20. The average molecular weight is 220 g/mol. The lowest BCUT2D eigenvalue weighted by atomic mass is 10.1. The van der Waals surface area contributed by atoms with Crippen LogP contribution in [0.3, 0.4) is 0 Å². The summed E-state index contributed by atoms with van der Waals surface area (Å²) in [5, 5.41) is 9.21. The van der Waals surface area contributed by atoms with Gasteiger partial charge in [-0.25, -0.2) is 0 Å². The molecule has 1 fully saturated rings. The Bertz CT molecular complexity index is 441. The van der Waals surface area contributed by atoms with Gasteiger partial charge in [0.05, 0.1) is 0 Å². The summed E-state index contributed by atoms with van der Waals surface area (Å²) in [6, 6.07) is 3.65. The van der Waals surface area contributed by atoms with Gasteiger partial charge in [-0.3, -0.25) is 4.79 Å². The quantitative estimate of drug-likeness (QED) is 0.789. The maximum Gasteiger partial charge on any atom is 0.265 e. The molecule has 0 bridgehead atoms. The first kappa shape index (κ1) is 10.3. The Kier molecular flexibility index (Phi) is 3.12. The number of nitriles is 1. The number of aromatic nitrogens is 1. The zero-order valence-electron chi connectivity index (χ0n) is 8.32. The summed E-state index contributed by atoms with van der Waals surface area (Å²) in [5.41, 5.74) is 1.01. The van der Waals surface area contributed by atoms with E-state index in [1.807, 2.05) is 17.8 Å². The van der Waals surface area contributed by atoms with Crippen LogP contribution in [0.5, 0.6) is 0 Å². The van der Waals surface area contributed by atoms with Crippen molar-refractivity contribution in [1.82, 2.24) is 4.98 Å². The van der Waals surface area contributed by atoms with Gasteiger partial charge >= 0.3 is 0 Å². The Morgan fingerprint density at radius 3 is 3.07 bits per heavy atom. The van der Waals surface area contributed by atoms with Crippen molar-refractivity contribution < 1.29 is 0 Å². The average Bonchev–Trinajstić information content (AvgIpc) is 2.31. The second-order valence-electron chi connectivity index (χ2n) is 3.64. The lowest BCUT2D eigenvalue weighted by Crippen LogP contribution is -2.12. The molecule has 1 aliphatic rings. The Morgan fingerprint density at radius 1 is 1.53 bits per heavy atom. The fraction of sp³-hybridized carbons (Fsp3) is 0.455. The largest absolute Gasteiger partial charge is 0.328 e. The van der Waals surface area contributed by atoms with Crippen molar-refractivity contribution in [2.24, 2.45) is 0 Å². The molecule has 1 saturated heterocycles. The molecule has 0 saturated carbocycles. The number of thioether (sulfide) groups is 1. The first-order valence-electron chi connectivity index (χ1n) is 5.05. The fourth-order valence-corrected chi connectivity index (χ4v) is 3.09. The van der Waals surface area contributed by atoms with Crippen LogP contribution in [0.1, 0.15) is 35.6 Å². The summed E-state index contributed by atoms with van der Waals surface area (Å²) in [6.07, 6.45) is 5.39. The number of rotatable bonds is 1. The van der Waals surface area contributed by atoms with Crippen LogP contribution in [0.2, 0.25) is 0 Å². The summed E-state index contributed by atoms with van der Waals surface area (Å²) in [7, 11) is 0. The van der Waals surface area contributed by atoms with Crippen LogP contribution < -0.4 is 5.56 Å². The Balaban J connectivity index is 2.29. The van der Waals surface area contributed by atoms with E-state index >= 15 is 0 Å². The molecule has 2 heterocycles. The highest BCUT2D eigenvalue weighted by atomic mass is 32.2. The van der Waals surface area contributed by atoms with Crippen molar-refractivity contribution in [2.45, 2.75) is 24.5 Å². The highest BCUT2D eigenvalue weighted by Crippen LogP contribution is 2.37. The van der Waals surface area contributed by atoms with Gasteiger partial charge in [-0.2, -0.15) is 17.0 Å². The van der Waals surface area contributed by atoms with Gasteiger partial charge in [-0.15, -0.1) is 0 Å². The molecule has 0 radical (unpaired) electrons. The standard InChI is InChI=1S/C11H12N2OS/c12-6-8-5-9(7-13-11(8)14)10-3-1-2-4-15-10/h5,7,10H,1-4H2,(H,13,14). The summed E-state index contributed by atoms with van der Waals surface area (Å²) in [5.74, 6) is 1.17. The lowest BCUT2D eigenvalue weighted by molar-refractivity contribution is 0.684. The van der Waals surface area contributed by atoms with Gasteiger partial charge in [-0.1, -0.05) is 6.42 Å². The molecular weight excluding hydrogens is 208 g/mol. The molecule has 4 heteroatoms. The third-order valence-electron chi connectivity index (χ3n) is 2.60. The van der Waals surface area contributed by atoms with E-state index in [-0.39, 0.29) is 11.1 Å². The Morgan fingerprint density at radius 2 is 2.40 bits per heavy atom. The molecule has 78 valence electrons. The predicted molar refractivity (Wildman–Crippen MR) is 60.8 cm³/mol. The Labute approximate surface area is 92.5 Å². The van der Waals surface area contributed by atoms with Gasteiger partial charge in [0, 0.05) is 11.4 Å². The summed E-state index contributed by atoms with van der Waals surface area (Å²) in [6.45, 7) is 0. The minimum atomic E-state index is -0.290. The van der Waals surface area contributed by atoms with Crippen molar-refractivity contribution in [3.8, 4) is 6.07 Å². The maximum atomic E-state index is 11.2. The summed E-state index contributed by atoms with van der Waals surface area (Å²) >= 11 is 1.91. The minimum absolute atomic E-state index is 0.221. The van der Waals surface area contributed by atoms with Gasteiger partial charge in [0.25, 0.3) is 5.56 Å². The molecule has 15 heavy (non-hydrogen) atoms. The van der Waals surface area contributed by atoms with Gasteiger partial charge < -0.3 is 4.98 Å². The topological polar surface area (TPSA) is 56.6 Å². The van der Waals surface area contributed by atoms with Crippen LogP contribution in [0.25, 0.3) is 0 Å². The fourth-order valence-electron chi connectivity index (χ4n) is 1.77. The zero-order valence-corrected chi connectivity index (χ0v) is 9.14. The van der Waals surface area contributed by atoms with E-state index in [1.54, 1.807) is 12.3 Å². The highest BCUT2D eigenvalue weighted by molar-refractivity contribution is 7.99. The van der Waals surface area contributed by atoms with E-state index in [0.717, 1.165) is 12.0 Å². The van der Waals surface area contributed by atoms with Gasteiger partial charge in [0.2, 0.25) is 0 Å². The van der Waals surface area contributed by atoms with Crippen molar-refractivity contribution in [3.63, 3.8) is 0 Å². The maximum absolute atomic E-state index is 11.2. The van der Waals surface area contributed by atoms with Crippen LogP contribution in [-0.2, 0) is 0 Å². The van der Waals surface area contributed by atoms with Crippen molar-refractivity contribution >= 4 is 11.8 Å². The molecule has 0 spiro atoms. The van der Waals surface area contributed by atoms with Crippen molar-refractivity contribution in [1.29, 1.82) is 5.26 Å². The molecule has 0 aromatic carbocycles. The molecule has 2 rings (SSSR count). The third-order valence-corrected chi connectivity index (χ3v) is 4.03. The summed E-state index contributed by atoms with van der Waals surface area (Å²) in [4.78, 5) is 13.8. The van der Waals surface area contributed by atoms with E-state index in [2.05, 4.69) is 4.98 Å². The number of pyridine rings is 1. The molecule has 0 aliphatic carbocycles. The molecule has 1 aromatic rings. The number of hydrogen-bond acceptors (Lipinski definition) is 3. The van der Waals surface area contributed by atoms with Crippen molar-refractivity contribution in [2.75, 3.05) is 5.75 Å². The molecule has 1 aliphatic heterocycles. The number of nitrogens with zero attached hydrogens (tertiary/aromatic N) is 1. The number of nitrogens with one attached hydrogen (secondary N) is 1. The molecule has 1 unspecified atom stereocenters. The molecule has 1 aromatic heterocycles. The van der Waals surface area contributed by atoms with Crippen molar-refractivity contribution in [3.05, 3.63) is 33.7 Å². The van der Waals surface area contributed by atoms with E-state index < -0.39 is 0 Å². The normalized spacial score (nSPS) is 20.9. The first-order valence-corrected chi connectivity index (χ1v) is 6.10. The monoisotopic (exact) mass is 220 g/mol. The second-order valence-corrected chi connectivity index (χ2v) is 4.95. The van der Waals surface area contributed by atoms with Gasteiger partial charge in [0.15, 0.2) is 0 Å². The zero-order chi connectivity index (χ0) is 10.7. The smallest absolute Gasteiger partial charge is 0.265 e. The van der Waals surface area contributed by atoms with Gasteiger partial charge in [0.1, 0.15) is 11.6 Å². The first-order chi connectivity index (χ1) is 7.31. The summed E-state index contributed by atoms with van der Waals surface area (Å²) < 4.78 is 0. The molecule has 0 amide bonds. The van der Waals surface area contributed by atoms with E-state index in [9.17, 15) is 4.79 Å². The molecule has 1 atom stereocenters. The number of hydrogen-bond donors (Lipinski definition) is 1. The van der Waals surface area contributed by atoms with E-state index in [0.29, 0.717) is 5.25 Å². The van der Waals surface area contributed by atoms with Crippen LogP contribution >= 0.6 is 11.8 Å². The van der Waals surface area contributed by atoms with Gasteiger partial charge in [-0.05, 0) is 30.2 Å². The van der Waals surface area contributed by atoms with Crippen LogP contribution in [0.15, 0.2) is 17.1 Å². The SMILES string of the molecule is N#Cc1cc(C2CCCCS2)c[nH]c1=O. The van der Waals surface area contributed by atoms with E-state index in [1.165, 1.54) is 18.6 Å². The van der Waals surface area contributed by atoms with E-state index in [4.69, 9.17) is 5.26 Å². The Hall–Kier alpha value is -1.21. The highest BCUT2D eigenvalue weighted by Gasteiger charge is 2.16. The number of H-pyrrole nitrogens is 1. The molecule has 1 N–H and O–H groups in total. The lowest BCUT2D eigenvalue weighted by Gasteiger charge is -2.21. The van der Waals surface area contributed by atoms with Crippen LogP contribution in [0.4, 0.5) is 0 Å². The molecular formula is C11H12N2OS. The number of aromatic amines is 1.